The first-order chi connectivity index (χ1) is 8.11. The molecule has 0 saturated heterocycles. The lowest BCUT2D eigenvalue weighted by molar-refractivity contribution is 0.0696. The summed E-state index contributed by atoms with van der Waals surface area (Å²) in [5, 5.41) is 17.0. The van der Waals surface area contributed by atoms with Crippen LogP contribution in [0.1, 0.15) is 20.7 Å². The molecule has 0 amide bonds. The van der Waals surface area contributed by atoms with E-state index >= 15 is 0 Å². The van der Waals surface area contributed by atoms with Crippen LogP contribution in [-0.2, 0) is 0 Å². The molecule has 0 aliphatic heterocycles. The first-order valence-corrected chi connectivity index (χ1v) is 4.60. The van der Waals surface area contributed by atoms with E-state index in [-0.39, 0.29) is 11.1 Å². The Morgan fingerprint density at radius 2 is 1.71 bits per heavy atom. The quantitative estimate of drug-likeness (QED) is 0.730. The van der Waals surface area contributed by atoms with Gasteiger partial charge in [0.2, 0.25) is 0 Å². The van der Waals surface area contributed by atoms with E-state index in [1.165, 1.54) is 18.2 Å². The van der Waals surface area contributed by atoms with Crippen molar-refractivity contribution in [3.8, 4) is 0 Å². The van der Waals surface area contributed by atoms with E-state index in [0.717, 1.165) is 6.07 Å². The van der Waals surface area contributed by atoms with Crippen molar-refractivity contribution < 1.29 is 19.8 Å². The minimum atomic E-state index is -1.13. The molecule has 0 unspecified atom stereocenters. The molecule has 0 aliphatic carbocycles. The number of nitrogens with one attached hydrogen (secondary N) is 1. The molecule has 0 radical (unpaired) electrons. The topological polar surface area (TPSA) is 103 Å². The zero-order valence-corrected chi connectivity index (χ0v) is 8.70. The van der Waals surface area contributed by atoms with Crippen molar-refractivity contribution in [2.75, 3.05) is 0 Å². The minimum absolute atomic E-state index is 0.0186. The smallest absolute Gasteiger partial charge is 0.335 e. The van der Waals surface area contributed by atoms with Gasteiger partial charge in [0.05, 0.1) is 17.5 Å². The number of nitrogens with zero attached hydrogens (tertiary/aromatic N) is 1. The Balaban J connectivity index is 0.000000239. The monoisotopic (exact) mass is 234 g/mol. The molecule has 88 valence electrons. The van der Waals surface area contributed by atoms with Crippen LogP contribution in [0.4, 0.5) is 0 Å². The molecule has 17 heavy (non-hydrogen) atoms. The van der Waals surface area contributed by atoms with Gasteiger partial charge < -0.3 is 15.2 Å². The van der Waals surface area contributed by atoms with Gasteiger partial charge in [-0.05, 0) is 18.2 Å². The van der Waals surface area contributed by atoms with Crippen molar-refractivity contribution in [2.45, 2.75) is 0 Å². The van der Waals surface area contributed by atoms with E-state index in [0.29, 0.717) is 0 Å². The summed E-state index contributed by atoms with van der Waals surface area (Å²) < 4.78 is 0. The van der Waals surface area contributed by atoms with Crippen LogP contribution >= 0.6 is 0 Å². The number of imidazole rings is 1. The van der Waals surface area contributed by atoms with E-state index in [2.05, 4.69) is 9.97 Å². The van der Waals surface area contributed by atoms with Gasteiger partial charge in [0.25, 0.3) is 0 Å². The second-order valence-corrected chi connectivity index (χ2v) is 2.95. The molecule has 0 aliphatic rings. The van der Waals surface area contributed by atoms with E-state index in [1.807, 2.05) is 0 Å². The zero-order chi connectivity index (χ0) is 12.7. The third-order valence-corrected chi connectivity index (χ3v) is 1.76. The van der Waals surface area contributed by atoms with Crippen LogP contribution in [0.5, 0.6) is 0 Å². The second-order valence-electron chi connectivity index (χ2n) is 2.95. The molecule has 0 atom stereocenters. The van der Waals surface area contributed by atoms with Crippen LogP contribution < -0.4 is 0 Å². The predicted octanol–water partition coefficient (Wildman–Crippen LogP) is 1.49. The molecule has 2 rings (SSSR count). The van der Waals surface area contributed by atoms with Crippen LogP contribution in [-0.4, -0.2) is 32.1 Å². The van der Waals surface area contributed by atoms with E-state index in [4.69, 9.17) is 10.2 Å². The summed E-state index contributed by atoms with van der Waals surface area (Å²) in [6, 6.07) is 5.20. The van der Waals surface area contributed by atoms with Gasteiger partial charge >= 0.3 is 11.9 Å². The Bertz CT molecular complexity index is 447. The van der Waals surface area contributed by atoms with E-state index in [9.17, 15) is 9.59 Å². The molecule has 1 heterocycles. The number of H-pyrrole nitrogens is 1. The highest BCUT2D eigenvalue weighted by Crippen LogP contribution is 2.04. The van der Waals surface area contributed by atoms with Crippen LogP contribution in [0.3, 0.4) is 0 Å². The number of aromatic nitrogens is 2. The number of hydrogen-bond donors (Lipinski definition) is 3. The van der Waals surface area contributed by atoms with Crippen LogP contribution in [0.25, 0.3) is 0 Å². The molecule has 1 aromatic carbocycles. The van der Waals surface area contributed by atoms with E-state index in [1.54, 1.807) is 18.7 Å². The minimum Gasteiger partial charge on any atom is -0.478 e. The average Bonchev–Trinajstić information content (AvgIpc) is 2.87. The highest BCUT2D eigenvalue weighted by molar-refractivity contribution is 5.93. The van der Waals surface area contributed by atoms with Crippen molar-refractivity contribution in [3.63, 3.8) is 0 Å². The van der Waals surface area contributed by atoms with Gasteiger partial charge in [-0.3, -0.25) is 0 Å². The first kappa shape index (κ1) is 12.4. The molecule has 3 N–H and O–H groups in total. The van der Waals surface area contributed by atoms with Crippen LogP contribution in [0.2, 0.25) is 0 Å². The second kappa shape index (κ2) is 6.06. The Hall–Kier alpha value is -2.63. The number of carboxylic acids is 2. The molecule has 6 nitrogen and oxygen atoms in total. The summed E-state index contributed by atoms with van der Waals surface area (Å²) in [5.41, 5.74) is -0.0372. The summed E-state index contributed by atoms with van der Waals surface area (Å²) in [6.07, 6.45) is 5.08. The number of aromatic amines is 1. The van der Waals surface area contributed by atoms with E-state index < -0.39 is 11.9 Å². The highest BCUT2D eigenvalue weighted by atomic mass is 16.4. The summed E-state index contributed by atoms with van der Waals surface area (Å²) in [7, 11) is 0. The fraction of sp³-hybridized carbons (Fsp3) is 0. The highest BCUT2D eigenvalue weighted by Gasteiger charge is 2.06. The summed E-state index contributed by atoms with van der Waals surface area (Å²) in [5.74, 6) is -2.25. The Kier molecular flexibility index (Phi) is 4.44. The third kappa shape index (κ3) is 4.17. The SMILES string of the molecule is O=C(O)c1cccc(C(=O)O)c1.c1c[nH]cn1. The van der Waals surface area contributed by atoms with Crippen molar-refractivity contribution in [3.05, 3.63) is 54.1 Å². The third-order valence-electron chi connectivity index (χ3n) is 1.76. The van der Waals surface area contributed by atoms with Crippen LogP contribution in [0.15, 0.2) is 43.0 Å². The van der Waals surface area contributed by atoms with Gasteiger partial charge in [0.15, 0.2) is 0 Å². The zero-order valence-electron chi connectivity index (χ0n) is 8.70. The first-order valence-electron chi connectivity index (χ1n) is 4.60. The summed E-state index contributed by atoms with van der Waals surface area (Å²) in [4.78, 5) is 27.2. The van der Waals surface area contributed by atoms with Gasteiger partial charge in [-0.25, -0.2) is 14.6 Å². The molecule has 0 bridgehead atoms. The molecule has 1 aromatic heterocycles. The lowest BCUT2D eigenvalue weighted by atomic mass is 10.1. The van der Waals surface area contributed by atoms with Crippen molar-refractivity contribution in [1.29, 1.82) is 0 Å². The molecule has 0 saturated carbocycles. The largest absolute Gasteiger partial charge is 0.478 e. The normalized spacial score (nSPS) is 8.94. The fourth-order valence-electron chi connectivity index (χ4n) is 1.00. The average molecular weight is 234 g/mol. The Labute approximate surface area is 96.6 Å². The maximum absolute atomic E-state index is 10.4. The standard InChI is InChI=1S/C8H6O4.C3H4N2/c9-7(10)5-2-1-3-6(4-5)8(11)12;1-2-5-3-4-1/h1-4H,(H,9,10)(H,11,12);1-3H,(H,4,5). The van der Waals surface area contributed by atoms with Crippen molar-refractivity contribution >= 4 is 11.9 Å². The Morgan fingerprint density at radius 1 is 1.12 bits per heavy atom. The molecule has 6 heteroatoms. The maximum Gasteiger partial charge on any atom is 0.335 e. The maximum atomic E-state index is 10.4. The van der Waals surface area contributed by atoms with Crippen molar-refractivity contribution in [1.82, 2.24) is 9.97 Å². The predicted molar refractivity (Wildman–Crippen MR) is 58.9 cm³/mol. The number of rotatable bonds is 2. The summed E-state index contributed by atoms with van der Waals surface area (Å²) >= 11 is 0. The molecule has 0 spiro atoms. The molecular weight excluding hydrogens is 224 g/mol. The number of aromatic carboxylic acids is 2. The number of benzene rings is 1. The summed E-state index contributed by atoms with van der Waals surface area (Å²) in [6.45, 7) is 0. The molecule has 0 fully saturated rings. The van der Waals surface area contributed by atoms with Gasteiger partial charge in [-0.15, -0.1) is 0 Å². The lowest BCUT2D eigenvalue weighted by Crippen LogP contribution is -2.01. The molecule has 2 aromatic rings. The van der Waals surface area contributed by atoms with Crippen molar-refractivity contribution in [2.24, 2.45) is 0 Å². The lowest BCUT2D eigenvalue weighted by Gasteiger charge is -1.95. The van der Waals surface area contributed by atoms with Gasteiger partial charge in [0.1, 0.15) is 0 Å². The van der Waals surface area contributed by atoms with Gasteiger partial charge in [0, 0.05) is 12.4 Å². The fourth-order valence-corrected chi connectivity index (χ4v) is 1.00. The van der Waals surface area contributed by atoms with Crippen LogP contribution in [0, 0.1) is 0 Å². The number of hydrogen-bond acceptors (Lipinski definition) is 3. The number of carbonyl (C=O) groups is 2. The van der Waals surface area contributed by atoms with Gasteiger partial charge in [-0.1, -0.05) is 6.07 Å². The molecular formula is C11H10N2O4. The Morgan fingerprint density at radius 3 is 2.00 bits per heavy atom. The van der Waals surface area contributed by atoms with Gasteiger partial charge in [-0.2, -0.15) is 0 Å². The number of carboxylic acid groups (broad SMARTS) is 2.